The number of carbonyl (C=O) groups excluding carboxylic acids is 1. The van der Waals surface area contributed by atoms with Crippen molar-refractivity contribution < 1.29 is 9.53 Å². The fraction of sp³-hybridized carbons (Fsp3) is 0.923. The molecule has 4 nitrogen and oxygen atoms in total. The van der Waals surface area contributed by atoms with E-state index in [2.05, 4.69) is 11.9 Å². The van der Waals surface area contributed by atoms with E-state index in [1.165, 1.54) is 19.3 Å². The maximum atomic E-state index is 12.3. The third-order valence-electron chi connectivity index (χ3n) is 3.71. The third kappa shape index (κ3) is 3.68. The normalized spacial score (nSPS) is 28.5. The predicted molar refractivity (Wildman–Crippen MR) is 66.9 cm³/mol. The number of amides is 1. The van der Waals surface area contributed by atoms with Crippen molar-refractivity contribution in [1.82, 2.24) is 9.80 Å². The van der Waals surface area contributed by atoms with E-state index in [-0.39, 0.29) is 12.0 Å². The lowest BCUT2D eigenvalue weighted by Crippen LogP contribution is -2.50. The second-order valence-corrected chi connectivity index (χ2v) is 5.21. The molecule has 0 N–H and O–H groups in total. The summed E-state index contributed by atoms with van der Waals surface area (Å²) in [6.07, 6.45) is 5.91. The van der Waals surface area contributed by atoms with Gasteiger partial charge in [-0.05, 0) is 19.9 Å². The van der Waals surface area contributed by atoms with E-state index >= 15 is 0 Å². The van der Waals surface area contributed by atoms with Gasteiger partial charge in [0.15, 0.2) is 0 Å². The maximum Gasteiger partial charge on any atom is 0.253 e. The maximum absolute atomic E-state index is 12.3. The zero-order valence-corrected chi connectivity index (χ0v) is 10.9. The van der Waals surface area contributed by atoms with Crippen LogP contribution in [0.5, 0.6) is 0 Å². The van der Waals surface area contributed by atoms with Crippen LogP contribution in [0.3, 0.4) is 0 Å². The number of carbonyl (C=O) groups is 1. The highest BCUT2D eigenvalue weighted by atomic mass is 16.5. The fourth-order valence-electron chi connectivity index (χ4n) is 2.60. The monoisotopic (exact) mass is 240 g/mol. The molecule has 0 saturated carbocycles. The molecular weight excluding hydrogens is 216 g/mol. The molecule has 1 amide bonds. The first kappa shape index (κ1) is 12.8. The molecule has 2 fully saturated rings. The van der Waals surface area contributed by atoms with E-state index in [1.807, 2.05) is 4.90 Å². The number of likely N-dealkylation sites (N-methyl/N-ethyl adjacent to an activating group) is 1. The standard InChI is InChI=1S/C13H24N2O2/c1-14-9-10-17-12(11-14)13(16)15-7-5-3-2-4-6-8-15/h12H,2-11H2,1H3. The van der Waals surface area contributed by atoms with Crippen LogP contribution in [0.1, 0.15) is 32.1 Å². The van der Waals surface area contributed by atoms with Gasteiger partial charge in [-0.3, -0.25) is 4.79 Å². The van der Waals surface area contributed by atoms with Gasteiger partial charge in [-0.25, -0.2) is 0 Å². The van der Waals surface area contributed by atoms with Gasteiger partial charge in [0.1, 0.15) is 6.10 Å². The molecule has 98 valence electrons. The molecule has 0 aromatic rings. The van der Waals surface area contributed by atoms with Crippen LogP contribution in [0.25, 0.3) is 0 Å². The average Bonchev–Trinajstić information content (AvgIpc) is 2.28. The molecule has 1 unspecified atom stereocenters. The molecule has 17 heavy (non-hydrogen) atoms. The molecule has 2 rings (SSSR count). The SMILES string of the molecule is CN1CCOC(C(=O)N2CCCCCCC2)C1. The Kier molecular flexibility index (Phi) is 4.80. The number of nitrogens with zero attached hydrogens (tertiary/aromatic N) is 2. The zero-order chi connectivity index (χ0) is 12.1. The lowest BCUT2D eigenvalue weighted by Gasteiger charge is -2.33. The minimum atomic E-state index is -0.229. The van der Waals surface area contributed by atoms with E-state index in [4.69, 9.17) is 4.74 Å². The van der Waals surface area contributed by atoms with Gasteiger partial charge in [0.25, 0.3) is 5.91 Å². The van der Waals surface area contributed by atoms with Gasteiger partial charge in [0.05, 0.1) is 6.61 Å². The highest BCUT2D eigenvalue weighted by Gasteiger charge is 2.28. The fourth-order valence-corrected chi connectivity index (χ4v) is 2.60. The molecule has 1 atom stereocenters. The van der Waals surface area contributed by atoms with E-state index in [1.54, 1.807) is 0 Å². The van der Waals surface area contributed by atoms with E-state index < -0.39 is 0 Å². The van der Waals surface area contributed by atoms with Crippen LogP contribution in [0.4, 0.5) is 0 Å². The van der Waals surface area contributed by atoms with Crippen molar-refractivity contribution in [3.05, 3.63) is 0 Å². The van der Waals surface area contributed by atoms with Crippen molar-refractivity contribution in [2.24, 2.45) is 0 Å². The average molecular weight is 240 g/mol. The summed E-state index contributed by atoms with van der Waals surface area (Å²) < 4.78 is 5.60. The summed E-state index contributed by atoms with van der Waals surface area (Å²) in [7, 11) is 2.05. The number of ether oxygens (including phenoxy) is 1. The summed E-state index contributed by atoms with van der Waals surface area (Å²) >= 11 is 0. The number of hydrogen-bond donors (Lipinski definition) is 0. The smallest absolute Gasteiger partial charge is 0.253 e. The van der Waals surface area contributed by atoms with Crippen molar-refractivity contribution in [2.75, 3.05) is 39.8 Å². The number of morpholine rings is 1. The first-order valence-electron chi connectivity index (χ1n) is 6.86. The molecule has 2 saturated heterocycles. The van der Waals surface area contributed by atoms with Crippen LogP contribution in [0.15, 0.2) is 0 Å². The van der Waals surface area contributed by atoms with Gasteiger partial charge in [-0.1, -0.05) is 19.3 Å². The Morgan fingerprint density at radius 1 is 1.06 bits per heavy atom. The molecule has 0 radical (unpaired) electrons. The summed E-state index contributed by atoms with van der Waals surface area (Å²) in [6, 6.07) is 0. The Balaban J connectivity index is 1.87. The van der Waals surface area contributed by atoms with Crippen LogP contribution >= 0.6 is 0 Å². The van der Waals surface area contributed by atoms with Gasteiger partial charge in [-0.15, -0.1) is 0 Å². The molecule has 4 heteroatoms. The second-order valence-electron chi connectivity index (χ2n) is 5.21. The first-order chi connectivity index (χ1) is 8.27. The van der Waals surface area contributed by atoms with Crippen molar-refractivity contribution in [3.8, 4) is 0 Å². The minimum Gasteiger partial charge on any atom is -0.366 e. The van der Waals surface area contributed by atoms with Crippen LogP contribution in [0.2, 0.25) is 0 Å². The van der Waals surface area contributed by atoms with E-state index in [9.17, 15) is 4.79 Å². The Bertz CT molecular complexity index is 250. The molecular formula is C13H24N2O2. The van der Waals surface area contributed by atoms with Gasteiger partial charge in [-0.2, -0.15) is 0 Å². The molecule has 0 aromatic carbocycles. The highest BCUT2D eigenvalue weighted by Crippen LogP contribution is 2.13. The topological polar surface area (TPSA) is 32.8 Å². The van der Waals surface area contributed by atoms with Gasteiger partial charge in [0, 0.05) is 26.2 Å². The molecule has 0 spiro atoms. The Hall–Kier alpha value is -0.610. The molecule has 2 heterocycles. The van der Waals surface area contributed by atoms with Crippen LogP contribution in [0, 0.1) is 0 Å². The zero-order valence-electron chi connectivity index (χ0n) is 10.9. The Morgan fingerprint density at radius 2 is 1.71 bits per heavy atom. The number of hydrogen-bond acceptors (Lipinski definition) is 3. The van der Waals surface area contributed by atoms with Crippen molar-refractivity contribution in [2.45, 2.75) is 38.2 Å². The predicted octanol–water partition coefficient (Wildman–Crippen LogP) is 1.11. The molecule has 0 bridgehead atoms. The van der Waals surface area contributed by atoms with Crippen molar-refractivity contribution in [3.63, 3.8) is 0 Å². The Labute approximate surface area is 104 Å². The summed E-state index contributed by atoms with van der Waals surface area (Å²) in [6.45, 7) is 4.20. The number of rotatable bonds is 1. The summed E-state index contributed by atoms with van der Waals surface area (Å²) in [4.78, 5) is 16.5. The largest absolute Gasteiger partial charge is 0.366 e. The van der Waals surface area contributed by atoms with Crippen LogP contribution < -0.4 is 0 Å². The van der Waals surface area contributed by atoms with Crippen molar-refractivity contribution >= 4 is 5.91 Å². The summed E-state index contributed by atoms with van der Waals surface area (Å²) in [5, 5.41) is 0. The quantitative estimate of drug-likeness (QED) is 0.688. The highest BCUT2D eigenvalue weighted by molar-refractivity contribution is 5.81. The second kappa shape index (κ2) is 6.36. The van der Waals surface area contributed by atoms with Crippen LogP contribution in [-0.4, -0.2) is 61.6 Å². The molecule has 2 aliphatic rings. The lowest BCUT2D eigenvalue weighted by atomic mass is 10.1. The number of likely N-dealkylation sites (tertiary alicyclic amines) is 1. The van der Waals surface area contributed by atoms with Gasteiger partial charge in [0.2, 0.25) is 0 Å². The Morgan fingerprint density at radius 3 is 2.35 bits per heavy atom. The van der Waals surface area contributed by atoms with Crippen molar-refractivity contribution in [1.29, 1.82) is 0 Å². The third-order valence-corrected chi connectivity index (χ3v) is 3.71. The van der Waals surface area contributed by atoms with E-state index in [0.717, 1.165) is 39.0 Å². The van der Waals surface area contributed by atoms with Gasteiger partial charge >= 0.3 is 0 Å². The summed E-state index contributed by atoms with van der Waals surface area (Å²) in [5.74, 6) is 0.207. The first-order valence-corrected chi connectivity index (χ1v) is 6.86. The minimum absolute atomic E-state index is 0.207. The lowest BCUT2D eigenvalue weighted by molar-refractivity contribution is -0.149. The molecule has 0 aromatic heterocycles. The summed E-state index contributed by atoms with van der Waals surface area (Å²) in [5.41, 5.74) is 0. The molecule has 0 aliphatic carbocycles. The van der Waals surface area contributed by atoms with Gasteiger partial charge < -0.3 is 14.5 Å². The molecule has 2 aliphatic heterocycles. The van der Waals surface area contributed by atoms with Crippen LogP contribution in [-0.2, 0) is 9.53 Å². The van der Waals surface area contributed by atoms with E-state index in [0.29, 0.717) is 6.61 Å².